The van der Waals surface area contributed by atoms with E-state index in [0.717, 1.165) is 5.30 Å². The van der Waals surface area contributed by atoms with Crippen molar-refractivity contribution < 1.29 is 9.30 Å². The minimum atomic E-state index is -2.20. The maximum Gasteiger partial charge on any atom is 0.137 e. The van der Waals surface area contributed by atoms with Gasteiger partial charge in [-0.25, -0.2) is 0 Å². The van der Waals surface area contributed by atoms with Crippen molar-refractivity contribution >= 4 is 12.4 Å². The first-order valence-electron chi connectivity index (χ1n) is 3.58. The molecule has 0 radical (unpaired) electrons. The van der Waals surface area contributed by atoms with Gasteiger partial charge in [-0.2, -0.15) is 0 Å². The first-order valence-corrected chi connectivity index (χ1v) is 6.19. The summed E-state index contributed by atoms with van der Waals surface area (Å²) in [5, 5.41) is 0.752. The van der Waals surface area contributed by atoms with Gasteiger partial charge in [0, 0.05) is 11.5 Å². The predicted molar refractivity (Wildman–Crippen MR) is 49.9 cm³/mol. The molecule has 0 saturated heterocycles. The number of nitrogens with zero attached hydrogens (tertiary/aromatic N) is 1. The van der Waals surface area contributed by atoms with E-state index in [1.807, 2.05) is 0 Å². The second kappa shape index (κ2) is 3.28. The fraction of sp³-hybridized carbons (Fsp3) is 0.375. The number of hydrogen-bond acceptors (Lipinski definition) is 3. The molecular formula is C8H12NO2P. The normalized spacial score (nSPS) is 11.2. The summed E-state index contributed by atoms with van der Waals surface area (Å²) in [4.78, 5) is 3.92. The number of hydrogen-bond donors (Lipinski definition) is 0. The molecule has 0 unspecified atom stereocenters. The van der Waals surface area contributed by atoms with Crippen molar-refractivity contribution in [1.29, 1.82) is 0 Å². The van der Waals surface area contributed by atoms with Gasteiger partial charge in [-0.15, -0.1) is 0 Å². The van der Waals surface area contributed by atoms with Crippen LogP contribution in [0.5, 0.6) is 5.75 Å². The molecule has 0 spiro atoms. The van der Waals surface area contributed by atoms with Gasteiger partial charge in [0.2, 0.25) is 0 Å². The van der Waals surface area contributed by atoms with Gasteiger partial charge in [-0.05, 0) is 19.4 Å². The van der Waals surface area contributed by atoms with Crippen molar-refractivity contribution in [3.63, 3.8) is 0 Å². The van der Waals surface area contributed by atoms with Crippen LogP contribution in [0.1, 0.15) is 0 Å². The van der Waals surface area contributed by atoms with Crippen LogP contribution < -0.4 is 10.0 Å². The van der Waals surface area contributed by atoms with Gasteiger partial charge < -0.3 is 9.30 Å². The fourth-order valence-corrected chi connectivity index (χ4v) is 1.60. The number of rotatable bonds is 2. The van der Waals surface area contributed by atoms with Crippen LogP contribution in [0, 0.1) is 0 Å². The first kappa shape index (κ1) is 9.27. The lowest BCUT2D eigenvalue weighted by molar-refractivity contribution is 0.413. The zero-order valence-electron chi connectivity index (χ0n) is 7.44. The Morgan fingerprint density at radius 3 is 2.58 bits per heavy atom. The highest BCUT2D eigenvalue weighted by Gasteiger charge is 2.11. The van der Waals surface area contributed by atoms with Gasteiger partial charge in [-0.3, -0.25) is 4.98 Å². The van der Waals surface area contributed by atoms with Crippen LogP contribution in [-0.2, 0) is 4.57 Å². The Kier molecular flexibility index (Phi) is 2.53. The minimum Gasteiger partial charge on any atom is -0.495 e. The zero-order valence-corrected chi connectivity index (χ0v) is 8.34. The van der Waals surface area contributed by atoms with E-state index in [1.165, 1.54) is 0 Å². The molecule has 12 heavy (non-hydrogen) atoms. The lowest BCUT2D eigenvalue weighted by Crippen LogP contribution is -2.04. The molecule has 0 amide bonds. The Bertz CT molecular complexity index is 319. The van der Waals surface area contributed by atoms with Gasteiger partial charge >= 0.3 is 0 Å². The second-order valence-corrected chi connectivity index (χ2v) is 6.15. The molecule has 1 rings (SSSR count). The fourth-order valence-electron chi connectivity index (χ4n) is 0.814. The summed E-state index contributed by atoms with van der Waals surface area (Å²) in [6.07, 6.45) is 3.21. The number of aromatic nitrogens is 1. The molecule has 1 aromatic heterocycles. The average Bonchev–Trinajstić information content (AvgIpc) is 2.03. The molecule has 0 saturated carbocycles. The Balaban J connectivity index is 3.11. The van der Waals surface area contributed by atoms with E-state index in [4.69, 9.17) is 4.74 Å². The second-order valence-electron chi connectivity index (χ2n) is 2.93. The molecular weight excluding hydrogens is 173 g/mol. The number of ether oxygens (including phenoxy) is 1. The highest BCUT2D eigenvalue weighted by molar-refractivity contribution is 7.70. The Morgan fingerprint density at radius 2 is 2.08 bits per heavy atom. The molecule has 1 aromatic rings. The quantitative estimate of drug-likeness (QED) is 0.652. The van der Waals surface area contributed by atoms with Crippen molar-refractivity contribution in [2.24, 2.45) is 0 Å². The van der Waals surface area contributed by atoms with Crippen molar-refractivity contribution in [2.45, 2.75) is 0 Å². The summed E-state index contributed by atoms with van der Waals surface area (Å²) in [6, 6.07) is 1.76. The maximum absolute atomic E-state index is 11.6. The van der Waals surface area contributed by atoms with Crippen molar-refractivity contribution in [3.05, 3.63) is 18.5 Å². The molecule has 0 fully saturated rings. The van der Waals surface area contributed by atoms with E-state index in [1.54, 1.807) is 38.9 Å². The van der Waals surface area contributed by atoms with Crippen LogP contribution in [0.25, 0.3) is 0 Å². The summed E-state index contributed by atoms with van der Waals surface area (Å²) in [6.45, 7) is 3.42. The highest BCUT2D eigenvalue weighted by atomic mass is 31.2. The molecule has 0 aliphatic heterocycles. The van der Waals surface area contributed by atoms with Gasteiger partial charge in [-0.1, -0.05) is 0 Å². The summed E-state index contributed by atoms with van der Waals surface area (Å²) in [5.74, 6) is 0.649. The summed E-state index contributed by atoms with van der Waals surface area (Å²) in [5.41, 5.74) is 0. The molecule has 3 nitrogen and oxygen atoms in total. The monoisotopic (exact) mass is 185 g/mol. The van der Waals surface area contributed by atoms with Crippen LogP contribution in [0.3, 0.4) is 0 Å². The van der Waals surface area contributed by atoms with E-state index < -0.39 is 7.14 Å². The van der Waals surface area contributed by atoms with Crippen LogP contribution in [0.2, 0.25) is 0 Å². The molecule has 0 atom stereocenters. The Morgan fingerprint density at radius 1 is 1.42 bits per heavy atom. The van der Waals surface area contributed by atoms with Crippen molar-refractivity contribution in [2.75, 3.05) is 20.4 Å². The Hall–Kier alpha value is -0.820. The molecule has 66 valence electrons. The minimum absolute atomic E-state index is 0.649. The van der Waals surface area contributed by atoms with Gasteiger partial charge in [0.25, 0.3) is 0 Å². The van der Waals surface area contributed by atoms with Crippen molar-refractivity contribution in [3.8, 4) is 5.75 Å². The SMILES string of the molecule is COc1cncc(P(C)(C)=O)c1. The largest absolute Gasteiger partial charge is 0.495 e. The molecule has 1 heterocycles. The highest BCUT2D eigenvalue weighted by Crippen LogP contribution is 2.34. The van der Waals surface area contributed by atoms with E-state index in [0.29, 0.717) is 5.75 Å². The van der Waals surface area contributed by atoms with Gasteiger partial charge in [0.15, 0.2) is 0 Å². The first-order chi connectivity index (χ1) is 5.54. The van der Waals surface area contributed by atoms with Gasteiger partial charge in [0.05, 0.1) is 13.3 Å². The number of pyridine rings is 1. The molecule has 0 bridgehead atoms. The molecule has 0 aliphatic carbocycles. The van der Waals surface area contributed by atoms with Crippen LogP contribution >= 0.6 is 7.14 Å². The molecule has 0 aromatic carbocycles. The van der Waals surface area contributed by atoms with Crippen LogP contribution in [0.4, 0.5) is 0 Å². The van der Waals surface area contributed by atoms with Crippen molar-refractivity contribution in [1.82, 2.24) is 4.98 Å². The summed E-state index contributed by atoms with van der Waals surface area (Å²) < 4.78 is 16.6. The molecule has 4 heteroatoms. The van der Waals surface area contributed by atoms with Crippen LogP contribution in [0.15, 0.2) is 18.5 Å². The lowest BCUT2D eigenvalue weighted by Gasteiger charge is -2.06. The average molecular weight is 185 g/mol. The molecule has 0 N–H and O–H groups in total. The molecule has 0 aliphatic rings. The standard InChI is InChI=1S/C8H12NO2P/c1-11-7-4-8(6-9-5-7)12(2,3)10/h4-6H,1-3H3. The number of methoxy groups -OCH3 is 1. The topological polar surface area (TPSA) is 39.2 Å². The van der Waals surface area contributed by atoms with E-state index >= 15 is 0 Å². The van der Waals surface area contributed by atoms with E-state index in [2.05, 4.69) is 4.98 Å². The van der Waals surface area contributed by atoms with E-state index in [9.17, 15) is 4.57 Å². The maximum atomic E-state index is 11.6. The zero-order chi connectivity index (χ0) is 9.19. The third kappa shape index (κ3) is 2.08. The summed E-state index contributed by atoms with van der Waals surface area (Å²) in [7, 11) is -0.634. The predicted octanol–water partition coefficient (Wildman–Crippen LogP) is 1.34. The van der Waals surface area contributed by atoms with Gasteiger partial charge in [0.1, 0.15) is 12.9 Å². The van der Waals surface area contributed by atoms with E-state index in [-0.39, 0.29) is 0 Å². The lowest BCUT2D eigenvalue weighted by atomic mass is 10.5. The third-order valence-corrected chi connectivity index (χ3v) is 3.04. The van der Waals surface area contributed by atoms with Crippen LogP contribution in [-0.4, -0.2) is 25.4 Å². The summed E-state index contributed by atoms with van der Waals surface area (Å²) >= 11 is 0. The third-order valence-electron chi connectivity index (χ3n) is 1.56. The smallest absolute Gasteiger partial charge is 0.137 e. The Labute approximate surface area is 72.1 Å².